The average Bonchev–Trinajstić information content (AvgIpc) is 3.86. The smallest absolute Gasteiger partial charge is 0.392 e. The van der Waals surface area contributed by atoms with Crippen molar-refractivity contribution in [3.05, 3.63) is 40.0 Å². The molecule has 0 spiro atoms. The van der Waals surface area contributed by atoms with Crippen LogP contribution in [0, 0.1) is 17.8 Å². The van der Waals surface area contributed by atoms with E-state index in [1.165, 1.54) is 23.8 Å². The predicted octanol–water partition coefficient (Wildman–Crippen LogP) is 4.52. The summed E-state index contributed by atoms with van der Waals surface area (Å²) in [7, 11) is 0. The maximum atomic E-state index is 14.3. The summed E-state index contributed by atoms with van der Waals surface area (Å²) in [5, 5.41) is 14.2. The lowest BCUT2D eigenvalue weighted by Gasteiger charge is -2.51. The van der Waals surface area contributed by atoms with E-state index in [2.05, 4.69) is 15.2 Å². The van der Waals surface area contributed by atoms with Gasteiger partial charge in [-0.25, -0.2) is 9.97 Å². The van der Waals surface area contributed by atoms with Gasteiger partial charge in [-0.2, -0.15) is 13.2 Å². The predicted molar refractivity (Wildman–Crippen MR) is 181 cm³/mol. The van der Waals surface area contributed by atoms with Gasteiger partial charge in [-0.05, 0) is 62.5 Å². The Labute approximate surface area is 288 Å². The quantitative estimate of drug-likeness (QED) is 0.283. The Bertz CT molecular complexity index is 2020. The molecule has 3 aliphatic carbocycles. The molecule has 0 radical (unpaired) electrons. The highest BCUT2D eigenvalue weighted by molar-refractivity contribution is 7.21. The van der Waals surface area contributed by atoms with Gasteiger partial charge in [0.25, 0.3) is 5.91 Å². The number of hydrogen-bond donors (Lipinski definition) is 2. The van der Waals surface area contributed by atoms with E-state index in [1.807, 2.05) is 16.4 Å². The van der Waals surface area contributed by atoms with Gasteiger partial charge >= 0.3 is 6.18 Å². The molecule has 4 aromatic rings. The molecule has 12 nitrogen and oxygen atoms in total. The summed E-state index contributed by atoms with van der Waals surface area (Å²) in [5.41, 5.74) is 1.75. The van der Waals surface area contributed by atoms with Crippen molar-refractivity contribution in [3.8, 4) is 5.75 Å². The number of piperazine rings is 1. The molecule has 5 fully saturated rings. The number of oxazole rings is 1. The first-order valence-corrected chi connectivity index (χ1v) is 18.1. The van der Waals surface area contributed by atoms with Gasteiger partial charge in [0, 0.05) is 51.0 Å². The fourth-order valence-corrected chi connectivity index (χ4v) is 9.58. The Hall–Kier alpha value is -4.34. The number of halogens is 3. The maximum absolute atomic E-state index is 14.3. The zero-order valence-electron chi connectivity index (χ0n) is 27.5. The van der Waals surface area contributed by atoms with E-state index in [4.69, 9.17) is 9.40 Å². The molecule has 9 rings (SSSR count). The molecule has 2 amide bonds. The number of benzene rings is 1. The standard InChI is InChI=1S/C34H38F3N7O5S/c1-2-23-28(41-9-11-42(12-10-41)31(48)26-24(45)6-5-21-30(26)49-17-38-21)29(47)27-32(50-33(40-27)43-7-3-4-8-43)44(23)16-25(46)39-22-15-20(34(35,36)37)18-13-19(22)14-18/h5-6,17-20,22,45H,2-4,7-16H2,1H3,(H,39,46)/t18?,19?,20?,22-/m0/s1. The minimum Gasteiger partial charge on any atom is -0.507 e. The zero-order valence-corrected chi connectivity index (χ0v) is 28.4. The number of nitrogens with one attached hydrogen (secondary N) is 1. The second-order valence-corrected chi connectivity index (χ2v) is 14.9. The normalized spacial score (nSPS) is 23.9. The van der Waals surface area contributed by atoms with Crippen LogP contribution in [0.1, 0.15) is 55.1 Å². The number of aromatic hydroxyl groups is 1. The van der Waals surface area contributed by atoms with Crippen LogP contribution in [0.2, 0.25) is 0 Å². The van der Waals surface area contributed by atoms with Crippen LogP contribution in [-0.4, -0.2) is 87.8 Å². The van der Waals surface area contributed by atoms with Crippen LogP contribution in [0.25, 0.3) is 21.4 Å². The number of pyridine rings is 1. The minimum absolute atomic E-state index is 0.0336. The van der Waals surface area contributed by atoms with Crippen molar-refractivity contribution in [2.24, 2.45) is 17.8 Å². The zero-order chi connectivity index (χ0) is 34.9. The second-order valence-electron chi connectivity index (χ2n) is 13.9. The highest BCUT2D eigenvalue weighted by Crippen LogP contribution is 2.54. The van der Waals surface area contributed by atoms with Crippen LogP contribution in [0.3, 0.4) is 0 Å². The molecule has 2 N–H and O–H groups in total. The summed E-state index contributed by atoms with van der Waals surface area (Å²) in [4.78, 5) is 56.7. The highest BCUT2D eigenvalue weighted by atomic mass is 32.1. The van der Waals surface area contributed by atoms with Crippen molar-refractivity contribution in [3.63, 3.8) is 0 Å². The number of rotatable bonds is 7. The molecular weight excluding hydrogens is 675 g/mol. The number of nitrogens with zero attached hydrogens (tertiary/aromatic N) is 6. The topological polar surface area (TPSA) is 137 Å². The van der Waals surface area contributed by atoms with E-state index >= 15 is 0 Å². The van der Waals surface area contributed by atoms with Crippen molar-refractivity contribution in [1.29, 1.82) is 0 Å². The Balaban J connectivity index is 1.09. The molecule has 2 bridgehead atoms. The highest BCUT2D eigenvalue weighted by Gasteiger charge is 2.56. The van der Waals surface area contributed by atoms with Crippen LogP contribution >= 0.6 is 11.3 Å². The second kappa shape index (κ2) is 12.5. The summed E-state index contributed by atoms with van der Waals surface area (Å²) in [5.74, 6) is -2.73. The van der Waals surface area contributed by atoms with Crippen LogP contribution in [0.4, 0.5) is 24.0 Å². The van der Waals surface area contributed by atoms with Gasteiger partial charge < -0.3 is 34.1 Å². The Morgan fingerprint density at radius 1 is 1.04 bits per heavy atom. The first-order valence-electron chi connectivity index (χ1n) is 17.3. The number of aromatic nitrogens is 3. The summed E-state index contributed by atoms with van der Waals surface area (Å²) in [6.07, 6.45) is 0.202. The third-order valence-corrected chi connectivity index (χ3v) is 12.2. The SMILES string of the molecule is CCc1c(N2CCN(C(=O)c3c(O)ccc4ncoc34)CC2)c(=O)c2nc(N3CCCC3)sc2n1CC(=O)N[C@H]1CC(C(F)(F)F)C2CC1C2. The number of carbonyl (C=O) groups excluding carboxylic acids is 2. The molecule has 266 valence electrons. The fraction of sp³-hybridized carbons (Fsp3) is 0.559. The van der Waals surface area contributed by atoms with E-state index in [9.17, 15) is 32.7 Å². The maximum Gasteiger partial charge on any atom is 0.392 e. The first-order chi connectivity index (χ1) is 24.0. The fourth-order valence-electron chi connectivity index (χ4n) is 8.43. The van der Waals surface area contributed by atoms with E-state index in [1.54, 1.807) is 11.0 Å². The largest absolute Gasteiger partial charge is 0.507 e. The van der Waals surface area contributed by atoms with Crippen LogP contribution in [0.15, 0.2) is 27.7 Å². The number of hydrogen-bond acceptors (Lipinski definition) is 10. The van der Waals surface area contributed by atoms with Crippen LogP contribution in [-0.2, 0) is 17.8 Å². The first kappa shape index (κ1) is 32.8. The molecule has 1 aromatic carbocycles. The van der Waals surface area contributed by atoms with Gasteiger partial charge in [-0.15, -0.1) is 0 Å². The monoisotopic (exact) mass is 713 g/mol. The van der Waals surface area contributed by atoms with Crippen molar-refractivity contribution in [2.45, 2.75) is 64.2 Å². The molecule has 50 heavy (non-hydrogen) atoms. The summed E-state index contributed by atoms with van der Waals surface area (Å²) in [6.45, 7) is 4.52. The number of phenolic OH excluding ortho intramolecular Hbond substituents is 1. The van der Waals surface area contributed by atoms with Crippen molar-refractivity contribution in [1.82, 2.24) is 24.8 Å². The molecule has 3 saturated carbocycles. The molecule has 16 heteroatoms. The Morgan fingerprint density at radius 2 is 1.78 bits per heavy atom. The number of alkyl halides is 3. The van der Waals surface area contributed by atoms with Gasteiger partial charge in [0.15, 0.2) is 17.1 Å². The van der Waals surface area contributed by atoms with Gasteiger partial charge in [-0.1, -0.05) is 18.3 Å². The lowest BCUT2D eigenvalue weighted by molar-refractivity contribution is -0.220. The van der Waals surface area contributed by atoms with E-state index < -0.39 is 24.0 Å². The number of amides is 2. The van der Waals surface area contributed by atoms with E-state index in [0.717, 1.165) is 25.9 Å². The van der Waals surface area contributed by atoms with Gasteiger partial charge in [0.05, 0.1) is 5.92 Å². The molecule has 2 saturated heterocycles. The molecule has 3 aromatic heterocycles. The summed E-state index contributed by atoms with van der Waals surface area (Å²) in [6, 6.07) is 2.43. The van der Waals surface area contributed by atoms with Crippen molar-refractivity contribution in [2.75, 3.05) is 49.1 Å². The van der Waals surface area contributed by atoms with Gasteiger partial charge in [0.2, 0.25) is 11.3 Å². The van der Waals surface area contributed by atoms with Crippen LogP contribution < -0.4 is 20.5 Å². The average molecular weight is 714 g/mol. The molecule has 5 aliphatic rings. The van der Waals surface area contributed by atoms with Gasteiger partial charge in [-0.3, -0.25) is 14.4 Å². The Kier molecular flexibility index (Phi) is 8.18. The number of anilines is 2. The number of phenols is 1. The molecule has 2 aliphatic heterocycles. The molecular formula is C34H38F3N7O5S. The number of fused-ring (bicyclic) bond motifs is 4. The molecule has 5 heterocycles. The molecule has 1 unspecified atom stereocenters. The third kappa shape index (κ3) is 5.55. The minimum atomic E-state index is -4.29. The van der Waals surface area contributed by atoms with E-state index in [0.29, 0.717) is 59.2 Å². The molecule has 2 atom stereocenters. The van der Waals surface area contributed by atoms with Crippen LogP contribution in [0.5, 0.6) is 5.75 Å². The number of carbonyl (C=O) groups is 2. The van der Waals surface area contributed by atoms with E-state index in [-0.39, 0.29) is 71.6 Å². The van der Waals surface area contributed by atoms with Gasteiger partial charge in [0.1, 0.15) is 39.4 Å². The lowest BCUT2D eigenvalue weighted by Crippen LogP contribution is -2.56. The van der Waals surface area contributed by atoms with Crippen molar-refractivity contribution < 1.29 is 32.3 Å². The lowest BCUT2D eigenvalue weighted by atomic mass is 9.57. The summed E-state index contributed by atoms with van der Waals surface area (Å²) >= 11 is 1.37. The summed E-state index contributed by atoms with van der Waals surface area (Å²) < 4.78 is 48.5. The van der Waals surface area contributed by atoms with Crippen molar-refractivity contribution >= 4 is 55.4 Å². The third-order valence-electron chi connectivity index (χ3n) is 11.1. The number of thiazole rings is 1. The Morgan fingerprint density at radius 3 is 2.48 bits per heavy atom.